The molecule has 0 saturated heterocycles. The Morgan fingerprint density at radius 3 is 2.48 bits per heavy atom. The van der Waals surface area contributed by atoms with E-state index in [-0.39, 0.29) is 6.03 Å². The molecule has 0 unspecified atom stereocenters. The van der Waals surface area contributed by atoms with E-state index in [0.29, 0.717) is 37.7 Å². The van der Waals surface area contributed by atoms with Crippen LogP contribution in [-0.2, 0) is 11.2 Å². The van der Waals surface area contributed by atoms with Crippen LogP contribution in [0.1, 0.15) is 12.5 Å². The lowest BCUT2D eigenvalue weighted by atomic mass is 10.1. The van der Waals surface area contributed by atoms with Gasteiger partial charge in [0.2, 0.25) is 0 Å². The summed E-state index contributed by atoms with van der Waals surface area (Å²) in [6.07, 6.45) is 0.173. The molecule has 0 atom stereocenters. The van der Waals surface area contributed by atoms with E-state index in [1.807, 2.05) is 24.3 Å². The molecule has 0 heterocycles. The predicted molar refractivity (Wildman–Crippen MR) is 81.6 cm³/mol. The second-order valence-electron chi connectivity index (χ2n) is 4.17. The second kappa shape index (κ2) is 9.88. The number of alkyl carbamates (subject to hydrolysis) is 1. The SMILES string of the molecule is CCOC(=O)NCCNC(=O)NCCc1ccccc1Cl. The van der Waals surface area contributed by atoms with Gasteiger partial charge in [-0.1, -0.05) is 29.8 Å². The van der Waals surface area contributed by atoms with Crippen molar-refractivity contribution in [2.45, 2.75) is 13.3 Å². The van der Waals surface area contributed by atoms with Crippen molar-refractivity contribution in [2.24, 2.45) is 0 Å². The first kappa shape index (κ1) is 17.1. The molecule has 0 bridgehead atoms. The van der Waals surface area contributed by atoms with E-state index in [1.165, 1.54) is 0 Å². The van der Waals surface area contributed by atoms with Gasteiger partial charge in [0.15, 0.2) is 0 Å². The highest BCUT2D eigenvalue weighted by atomic mass is 35.5. The Morgan fingerprint density at radius 1 is 1.10 bits per heavy atom. The van der Waals surface area contributed by atoms with E-state index in [9.17, 15) is 9.59 Å². The third-order valence-electron chi connectivity index (χ3n) is 2.59. The zero-order chi connectivity index (χ0) is 15.5. The summed E-state index contributed by atoms with van der Waals surface area (Å²) < 4.78 is 4.68. The maximum Gasteiger partial charge on any atom is 0.407 e. The van der Waals surface area contributed by atoms with E-state index in [2.05, 4.69) is 20.7 Å². The minimum Gasteiger partial charge on any atom is -0.450 e. The molecule has 0 saturated carbocycles. The van der Waals surface area contributed by atoms with E-state index in [4.69, 9.17) is 11.6 Å². The van der Waals surface area contributed by atoms with Gasteiger partial charge in [0.05, 0.1) is 6.61 Å². The molecule has 0 fully saturated rings. The van der Waals surface area contributed by atoms with E-state index >= 15 is 0 Å². The van der Waals surface area contributed by atoms with Crippen molar-refractivity contribution in [1.29, 1.82) is 0 Å². The average molecular weight is 314 g/mol. The van der Waals surface area contributed by atoms with Crippen LogP contribution in [0.15, 0.2) is 24.3 Å². The quantitative estimate of drug-likeness (QED) is 0.673. The minimum atomic E-state index is -0.488. The van der Waals surface area contributed by atoms with Crippen LogP contribution in [0.3, 0.4) is 0 Å². The predicted octanol–water partition coefficient (Wildman–Crippen LogP) is 1.93. The molecule has 0 aliphatic carbocycles. The molecule has 1 aromatic rings. The van der Waals surface area contributed by atoms with Crippen LogP contribution in [-0.4, -0.2) is 38.4 Å². The van der Waals surface area contributed by atoms with Crippen LogP contribution in [0.5, 0.6) is 0 Å². The first-order chi connectivity index (χ1) is 10.1. The molecule has 0 aliphatic rings. The fraction of sp³-hybridized carbons (Fsp3) is 0.429. The summed E-state index contributed by atoms with van der Waals surface area (Å²) in [4.78, 5) is 22.5. The van der Waals surface area contributed by atoms with Crippen LogP contribution < -0.4 is 16.0 Å². The van der Waals surface area contributed by atoms with Gasteiger partial charge in [0.25, 0.3) is 0 Å². The average Bonchev–Trinajstić information content (AvgIpc) is 2.46. The maximum atomic E-state index is 11.5. The Balaban J connectivity index is 2.09. The largest absolute Gasteiger partial charge is 0.450 e. The summed E-state index contributed by atoms with van der Waals surface area (Å²) >= 11 is 6.02. The van der Waals surface area contributed by atoms with Gasteiger partial charge in [-0.15, -0.1) is 0 Å². The molecule has 0 aromatic heterocycles. The fourth-order valence-corrected chi connectivity index (χ4v) is 1.83. The molecule has 3 amide bonds. The Bertz CT molecular complexity index is 469. The van der Waals surface area contributed by atoms with Crippen molar-refractivity contribution in [1.82, 2.24) is 16.0 Å². The maximum absolute atomic E-state index is 11.5. The molecule has 6 nitrogen and oxygen atoms in total. The highest BCUT2D eigenvalue weighted by Crippen LogP contribution is 2.14. The zero-order valence-electron chi connectivity index (χ0n) is 11.9. The number of carbonyl (C=O) groups excluding carboxylic acids is 2. The Morgan fingerprint density at radius 2 is 1.76 bits per heavy atom. The van der Waals surface area contributed by atoms with Gasteiger partial charge in [-0.3, -0.25) is 0 Å². The summed E-state index contributed by atoms with van der Waals surface area (Å²) in [5.41, 5.74) is 0.989. The standard InChI is InChI=1S/C14H20ClN3O3/c1-2-21-14(20)18-10-9-17-13(19)16-8-7-11-5-3-4-6-12(11)15/h3-6H,2,7-10H2,1H3,(H,18,20)(H2,16,17,19). The van der Waals surface area contributed by atoms with E-state index < -0.39 is 6.09 Å². The normalized spacial score (nSPS) is 9.81. The summed E-state index contributed by atoms with van der Waals surface area (Å²) in [6.45, 7) is 3.18. The van der Waals surface area contributed by atoms with Crippen LogP contribution in [0, 0.1) is 0 Å². The van der Waals surface area contributed by atoms with Crippen molar-refractivity contribution >= 4 is 23.7 Å². The van der Waals surface area contributed by atoms with Gasteiger partial charge in [0.1, 0.15) is 0 Å². The number of urea groups is 1. The van der Waals surface area contributed by atoms with Crippen molar-refractivity contribution in [3.05, 3.63) is 34.9 Å². The number of halogens is 1. The summed E-state index contributed by atoms with van der Waals surface area (Å²) in [5, 5.41) is 8.55. The summed E-state index contributed by atoms with van der Waals surface area (Å²) in [6, 6.07) is 7.22. The zero-order valence-corrected chi connectivity index (χ0v) is 12.7. The lowest BCUT2D eigenvalue weighted by Crippen LogP contribution is -2.41. The minimum absolute atomic E-state index is 0.285. The number of amides is 3. The topological polar surface area (TPSA) is 79.5 Å². The molecule has 1 aromatic carbocycles. The van der Waals surface area contributed by atoms with Crippen LogP contribution >= 0.6 is 11.6 Å². The molecule has 116 valence electrons. The lowest BCUT2D eigenvalue weighted by Gasteiger charge is -2.09. The van der Waals surface area contributed by atoms with E-state index in [0.717, 1.165) is 5.56 Å². The van der Waals surface area contributed by atoms with Gasteiger partial charge in [-0.2, -0.15) is 0 Å². The van der Waals surface area contributed by atoms with Gasteiger partial charge < -0.3 is 20.7 Å². The van der Waals surface area contributed by atoms with Crippen LogP contribution in [0.4, 0.5) is 9.59 Å². The molecular formula is C14H20ClN3O3. The molecule has 1 rings (SSSR count). The van der Waals surface area contributed by atoms with Gasteiger partial charge in [-0.25, -0.2) is 9.59 Å². The van der Waals surface area contributed by atoms with Crippen LogP contribution in [0.2, 0.25) is 5.02 Å². The number of ether oxygens (including phenoxy) is 1. The number of benzene rings is 1. The molecule has 21 heavy (non-hydrogen) atoms. The number of nitrogens with one attached hydrogen (secondary N) is 3. The van der Waals surface area contributed by atoms with Crippen LogP contribution in [0.25, 0.3) is 0 Å². The van der Waals surface area contributed by atoms with Crippen molar-refractivity contribution in [3.8, 4) is 0 Å². The number of carbonyl (C=O) groups is 2. The molecular weight excluding hydrogens is 294 g/mol. The fourth-order valence-electron chi connectivity index (χ4n) is 1.60. The smallest absolute Gasteiger partial charge is 0.407 e. The Hall–Kier alpha value is -1.95. The lowest BCUT2D eigenvalue weighted by molar-refractivity contribution is 0.152. The third kappa shape index (κ3) is 7.41. The first-order valence-electron chi connectivity index (χ1n) is 6.79. The van der Waals surface area contributed by atoms with Crippen molar-refractivity contribution in [3.63, 3.8) is 0 Å². The Kier molecular flexibility index (Phi) is 8.04. The molecule has 0 spiro atoms. The second-order valence-corrected chi connectivity index (χ2v) is 4.58. The van der Waals surface area contributed by atoms with Gasteiger partial charge >= 0.3 is 12.1 Å². The third-order valence-corrected chi connectivity index (χ3v) is 2.96. The molecule has 7 heteroatoms. The number of rotatable bonds is 7. The van der Waals surface area contributed by atoms with E-state index in [1.54, 1.807) is 6.92 Å². The van der Waals surface area contributed by atoms with Gasteiger partial charge in [0, 0.05) is 24.7 Å². The van der Waals surface area contributed by atoms with Crippen molar-refractivity contribution in [2.75, 3.05) is 26.2 Å². The number of hydrogen-bond donors (Lipinski definition) is 3. The Labute approximate surface area is 129 Å². The molecule has 3 N–H and O–H groups in total. The van der Waals surface area contributed by atoms with Crippen molar-refractivity contribution < 1.29 is 14.3 Å². The number of hydrogen-bond acceptors (Lipinski definition) is 3. The highest BCUT2D eigenvalue weighted by Gasteiger charge is 2.03. The van der Waals surface area contributed by atoms with Gasteiger partial charge in [-0.05, 0) is 25.0 Å². The summed E-state index contributed by atoms with van der Waals surface area (Å²) in [5.74, 6) is 0. The molecule has 0 aliphatic heterocycles. The summed E-state index contributed by atoms with van der Waals surface area (Å²) in [7, 11) is 0. The first-order valence-corrected chi connectivity index (χ1v) is 7.17. The highest BCUT2D eigenvalue weighted by molar-refractivity contribution is 6.31. The molecule has 0 radical (unpaired) electrons. The monoisotopic (exact) mass is 313 g/mol.